The van der Waals surface area contributed by atoms with E-state index in [0.29, 0.717) is 6.73 Å². The van der Waals surface area contributed by atoms with Crippen molar-refractivity contribution in [2.45, 2.75) is 38.8 Å². The van der Waals surface area contributed by atoms with Gasteiger partial charge in [-0.2, -0.15) is 0 Å². The highest BCUT2D eigenvalue weighted by molar-refractivity contribution is 6.76. The highest BCUT2D eigenvalue weighted by Gasteiger charge is 2.16. The van der Waals surface area contributed by atoms with Gasteiger partial charge in [0, 0.05) is 44.6 Å². The van der Waals surface area contributed by atoms with E-state index < -0.39 is 8.07 Å². The van der Waals surface area contributed by atoms with Gasteiger partial charge in [0.25, 0.3) is 0 Å². The molecule has 0 bridgehead atoms. The van der Waals surface area contributed by atoms with Crippen LogP contribution in [-0.4, -0.2) is 50.1 Å². The predicted octanol–water partition coefficient (Wildman–Crippen LogP) is 3.52. The van der Waals surface area contributed by atoms with Gasteiger partial charge in [-0.25, -0.2) is 4.98 Å². The SMILES string of the molecule is [B]N1CC=C(c2cn(COCC[Si](C)(C)C)c3ncccc23)CC1. The van der Waals surface area contributed by atoms with E-state index in [1.807, 2.05) is 17.1 Å². The van der Waals surface area contributed by atoms with Crippen LogP contribution in [0.1, 0.15) is 12.0 Å². The van der Waals surface area contributed by atoms with E-state index in [9.17, 15) is 0 Å². The van der Waals surface area contributed by atoms with Gasteiger partial charge in [0.1, 0.15) is 12.4 Å². The average Bonchev–Trinajstić information content (AvgIpc) is 2.91. The Morgan fingerprint density at radius 2 is 2.17 bits per heavy atom. The zero-order chi connectivity index (χ0) is 17.2. The zero-order valence-electron chi connectivity index (χ0n) is 15.0. The molecule has 1 aliphatic rings. The van der Waals surface area contributed by atoms with Gasteiger partial charge < -0.3 is 14.1 Å². The van der Waals surface area contributed by atoms with E-state index in [2.05, 4.69) is 47.5 Å². The molecule has 2 aromatic rings. The van der Waals surface area contributed by atoms with E-state index >= 15 is 0 Å². The lowest BCUT2D eigenvalue weighted by Gasteiger charge is -2.22. The van der Waals surface area contributed by atoms with Crippen LogP contribution >= 0.6 is 0 Å². The molecule has 2 aromatic heterocycles. The molecule has 3 rings (SSSR count). The number of hydrogen-bond acceptors (Lipinski definition) is 3. The number of rotatable bonds is 6. The first kappa shape index (κ1) is 17.5. The smallest absolute Gasteiger partial charge is 0.182 e. The number of pyridine rings is 1. The first-order valence-corrected chi connectivity index (χ1v) is 12.4. The molecule has 0 N–H and O–H groups in total. The quantitative estimate of drug-likeness (QED) is 0.596. The second-order valence-corrected chi connectivity index (χ2v) is 13.3. The van der Waals surface area contributed by atoms with Crippen LogP contribution in [0.25, 0.3) is 16.6 Å². The van der Waals surface area contributed by atoms with E-state index in [1.54, 1.807) is 0 Å². The van der Waals surface area contributed by atoms with Crippen molar-refractivity contribution in [2.24, 2.45) is 0 Å². The van der Waals surface area contributed by atoms with E-state index in [-0.39, 0.29) is 0 Å². The van der Waals surface area contributed by atoms with Gasteiger partial charge in [0.2, 0.25) is 0 Å². The second kappa shape index (κ2) is 7.25. The van der Waals surface area contributed by atoms with E-state index in [0.717, 1.165) is 31.8 Å². The van der Waals surface area contributed by atoms with Gasteiger partial charge in [-0.1, -0.05) is 25.7 Å². The minimum absolute atomic E-state index is 0.564. The monoisotopic (exact) mass is 339 g/mol. The van der Waals surface area contributed by atoms with Gasteiger partial charge >= 0.3 is 0 Å². The Balaban J connectivity index is 1.79. The minimum atomic E-state index is -1.05. The Hall–Kier alpha value is -1.37. The van der Waals surface area contributed by atoms with Crippen molar-refractivity contribution in [3.8, 4) is 0 Å². The van der Waals surface area contributed by atoms with Crippen LogP contribution in [0.4, 0.5) is 0 Å². The van der Waals surface area contributed by atoms with Crippen molar-refractivity contribution in [2.75, 3.05) is 19.7 Å². The Labute approximate surface area is 146 Å². The highest BCUT2D eigenvalue weighted by Crippen LogP contribution is 2.29. The molecule has 1 aliphatic heterocycles. The zero-order valence-corrected chi connectivity index (χ0v) is 16.0. The summed E-state index contributed by atoms with van der Waals surface area (Å²) < 4.78 is 8.06. The molecule has 0 saturated heterocycles. The maximum absolute atomic E-state index is 5.93. The molecule has 0 aliphatic carbocycles. The van der Waals surface area contributed by atoms with Gasteiger partial charge in [-0.05, 0) is 36.7 Å². The number of fused-ring (bicyclic) bond motifs is 1. The molecule has 6 heteroatoms. The predicted molar refractivity (Wildman–Crippen MR) is 104 cm³/mol. The van der Waals surface area contributed by atoms with E-state index in [4.69, 9.17) is 12.7 Å². The number of ether oxygens (including phenoxy) is 1. The summed E-state index contributed by atoms with van der Waals surface area (Å²) in [4.78, 5) is 6.42. The standard InChI is InChI=1S/C18H26BN3OSi/c1-24(2,3)12-11-23-14-21-13-17(15-6-9-22(19)10-7-15)16-5-4-8-20-18(16)21/h4-6,8,13H,7,9-12,14H2,1-3H3. The molecule has 0 atom stereocenters. The summed E-state index contributed by atoms with van der Waals surface area (Å²) in [6.45, 7) is 10.2. The van der Waals surface area contributed by atoms with Gasteiger partial charge in [0.05, 0.1) is 0 Å². The summed E-state index contributed by atoms with van der Waals surface area (Å²) in [5.41, 5.74) is 3.62. The molecule has 0 amide bonds. The highest BCUT2D eigenvalue weighted by atomic mass is 28.3. The van der Waals surface area contributed by atoms with Crippen molar-refractivity contribution in [3.05, 3.63) is 36.2 Å². The summed E-state index contributed by atoms with van der Waals surface area (Å²) >= 11 is 0. The molecule has 0 spiro atoms. The largest absolute Gasteiger partial charge is 0.361 e. The molecule has 0 fully saturated rings. The van der Waals surface area contributed by atoms with Crippen molar-refractivity contribution in [1.29, 1.82) is 0 Å². The molecule has 24 heavy (non-hydrogen) atoms. The first-order valence-electron chi connectivity index (χ1n) is 8.65. The third kappa shape index (κ3) is 4.18. The number of hydrogen-bond donors (Lipinski definition) is 0. The fourth-order valence-corrected chi connectivity index (χ4v) is 3.70. The van der Waals surface area contributed by atoms with Crippen LogP contribution in [0.2, 0.25) is 25.7 Å². The Morgan fingerprint density at radius 3 is 2.88 bits per heavy atom. The Kier molecular flexibility index (Phi) is 5.27. The summed E-state index contributed by atoms with van der Waals surface area (Å²) in [5.74, 6) is 0. The van der Waals surface area contributed by atoms with Crippen LogP contribution < -0.4 is 0 Å². The number of nitrogens with zero attached hydrogens (tertiary/aromatic N) is 3. The first-order chi connectivity index (χ1) is 11.4. The molecular weight excluding hydrogens is 313 g/mol. The van der Waals surface area contributed by atoms with Crippen molar-refractivity contribution >= 4 is 32.7 Å². The lowest BCUT2D eigenvalue weighted by molar-refractivity contribution is 0.0898. The normalized spacial score (nSPS) is 16.5. The van der Waals surface area contributed by atoms with Crippen LogP contribution in [0.5, 0.6) is 0 Å². The molecule has 3 heterocycles. The second-order valence-electron chi connectivity index (χ2n) is 7.71. The van der Waals surface area contributed by atoms with Gasteiger partial charge in [-0.15, -0.1) is 0 Å². The Morgan fingerprint density at radius 1 is 1.33 bits per heavy atom. The maximum atomic E-state index is 5.93. The minimum Gasteiger partial charge on any atom is -0.361 e. The van der Waals surface area contributed by atoms with Crippen LogP contribution in [-0.2, 0) is 11.5 Å². The van der Waals surface area contributed by atoms with Crippen molar-refractivity contribution in [3.63, 3.8) is 0 Å². The van der Waals surface area contributed by atoms with Crippen molar-refractivity contribution < 1.29 is 4.74 Å². The molecule has 0 saturated carbocycles. The fraction of sp³-hybridized carbons (Fsp3) is 0.500. The van der Waals surface area contributed by atoms with Crippen LogP contribution in [0.3, 0.4) is 0 Å². The lowest BCUT2D eigenvalue weighted by atomic mass is 9.98. The maximum Gasteiger partial charge on any atom is 0.182 e. The third-order valence-corrected chi connectivity index (χ3v) is 6.15. The van der Waals surface area contributed by atoms with Gasteiger partial charge in [-0.3, -0.25) is 0 Å². The summed E-state index contributed by atoms with van der Waals surface area (Å²) in [6.07, 6.45) is 7.23. The molecule has 2 radical (unpaired) electrons. The van der Waals surface area contributed by atoms with Crippen molar-refractivity contribution in [1.82, 2.24) is 14.4 Å². The van der Waals surface area contributed by atoms with E-state index in [1.165, 1.54) is 22.6 Å². The average molecular weight is 339 g/mol. The molecule has 126 valence electrons. The summed E-state index contributed by atoms with van der Waals surface area (Å²) in [6, 6.07) is 5.33. The Bertz CT molecular complexity index is 735. The molecule has 0 unspecified atom stereocenters. The van der Waals surface area contributed by atoms with Crippen LogP contribution in [0, 0.1) is 0 Å². The van der Waals surface area contributed by atoms with Gasteiger partial charge in [0.15, 0.2) is 7.98 Å². The number of aromatic nitrogens is 2. The fourth-order valence-electron chi connectivity index (χ4n) is 2.95. The lowest BCUT2D eigenvalue weighted by Crippen LogP contribution is -2.25. The third-order valence-electron chi connectivity index (χ3n) is 4.45. The summed E-state index contributed by atoms with van der Waals surface area (Å²) in [5, 5.41) is 1.20. The molecule has 0 aromatic carbocycles. The topological polar surface area (TPSA) is 30.3 Å². The molecule has 4 nitrogen and oxygen atoms in total. The molecular formula is C18H26BN3OSi. The van der Waals surface area contributed by atoms with Crippen LogP contribution in [0.15, 0.2) is 30.6 Å². The summed E-state index contributed by atoms with van der Waals surface area (Å²) in [7, 11) is 4.81.